The van der Waals surface area contributed by atoms with Crippen LogP contribution in [-0.2, 0) is 11.2 Å². The van der Waals surface area contributed by atoms with Crippen molar-refractivity contribution in [2.75, 3.05) is 13.2 Å². The number of carbonyl (C=O) groups excluding carboxylic acids is 1. The van der Waals surface area contributed by atoms with Crippen LogP contribution in [0, 0.1) is 12.7 Å². The fraction of sp³-hybridized carbons (Fsp3) is 0.278. The van der Waals surface area contributed by atoms with E-state index in [1.54, 1.807) is 12.1 Å². The van der Waals surface area contributed by atoms with Gasteiger partial charge in [0.1, 0.15) is 24.3 Å². The van der Waals surface area contributed by atoms with Gasteiger partial charge in [-0.25, -0.2) is 4.39 Å². The highest BCUT2D eigenvalue weighted by atomic mass is 19.1. The molecular weight excluding hydrogens is 297 g/mol. The summed E-state index contributed by atoms with van der Waals surface area (Å²) >= 11 is 0. The number of ether oxygens (including phenoxy) is 1. The maximum atomic E-state index is 12.8. The lowest BCUT2D eigenvalue weighted by molar-refractivity contribution is -0.121. The second kappa shape index (κ2) is 8.29. The molecule has 0 heterocycles. The molecule has 0 aliphatic carbocycles. The summed E-state index contributed by atoms with van der Waals surface area (Å²) in [6, 6.07) is 13.3. The molecule has 2 aromatic rings. The molecule has 0 spiro atoms. The van der Waals surface area contributed by atoms with E-state index in [1.807, 2.05) is 31.2 Å². The van der Waals surface area contributed by atoms with Crippen LogP contribution in [0.2, 0.25) is 0 Å². The average Bonchev–Trinajstić information content (AvgIpc) is 2.54. The zero-order valence-electron chi connectivity index (χ0n) is 13.0. The number of rotatable bonds is 7. The Morgan fingerprint density at radius 1 is 1.22 bits per heavy atom. The van der Waals surface area contributed by atoms with Gasteiger partial charge in [-0.15, -0.1) is 0 Å². The van der Waals surface area contributed by atoms with Gasteiger partial charge in [-0.05, 0) is 36.2 Å². The van der Waals surface area contributed by atoms with Gasteiger partial charge in [0.2, 0.25) is 5.91 Å². The van der Waals surface area contributed by atoms with Crippen LogP contribution in [0.15, 0.2) is 48.5 Å². The van der Waals surface area contributed by atoms with Crippen LogP contribution in [0.4, 0.5) is 4.39 Å². The van der Waals surface area contributed by atoms with Gasteiger partial charge in [0.05, 0.1) is 6.42 Å². The lowest BCUT2D eigenvalue weighted by atomic mass is 10.1. The number of carbonyl (C=O) groups is 1. The second-order valence-electron chi connectivity index (χ2n) is 5.34. The summed E-state index contributed by atoms with van der Waals surface area (Å²) in [6.07, 6.45) is -0.655. The Kier molecular flexibility index (Phi) is 6.11. The van der Waals surface area contributed by atoms with Gasteiger partial charge in [0, 0.05) is 6.54 Å². The lowest BCUT2D eigenvalue weighted by Gasteiger charge is -2.14. The molecule has 0 saturated heterocycles. The molecule has 5 heteroatoms. The third kappa shape index (κ3) is 5.71. The molecule has 1 amide bonds. The molecular formula is C18H20FNO3. The molecule has 1 unspecified atom stereocenters. The van der Waals surface area contributed by atoms with Gasteiger partial charge in [0.25, 0.3) is 0 Å². The molecule has 4 nitrogen and oxygen atoms in total. The molecule has 0 aliphatic rings. The van der Waals surface area contributed by atoms with E-state index in [0.717, 1.165) is 11.1 Å². The van der Waals surface area contributed by atoms with Crippen molar-refractivity contribution in [2.45, 2.75) is 19.4 Å². The fourth-order valence-corrected chi connectivity index (χ4v) is 2.05. The number of nitrogens with one attached hydrogen (secondary N) is 1. The summed E-state index contributed by atoms with van der Waals surface area (Å²) in [5.41, 5.74) is 1.70. The van der Waals surface area contributed by atoms with Crippen molar-refractivity contribution < 1.29 is 19.0 Å². The van der Waals surface area contributed by atoms with Crippen molar-refractivity contribution >= 4 is 5.91 Å². The van der Waals surface area contributed by atoms with Crippen molar-refractivity contribution in [1.29, 1.82) is 0 Å². The molecule has 122 valence electrons. The summed E-state index contributed by atoms with van der Waals surface area (Å²) in [4.78, 5) is 11.8. The number of hydrogen-bond acceptors (Lipinski definition) is 3. The van der Waals surface area contributed by atoms with E-state index in [1.165, 1.54) is 12.1 Å². The van der Waals surface area contributed by atoms with Crippen LogP contribution in [0.5, 0.6) is 5.75 Å². The number of aliphatic hydroxyl groups is 1. The van der Waals surface area contributed by atoms with E-state index >= 15 is 0 Å². The molecule has 2 rings (SSSR count). The van der Waals surface area contributed by atoms with Crippen LogP contribution >= 0.6 is 0 Å². The smallest absolute Gasteiger partial charge is 0.224 e. The second-order valence-corrected chi connectivity index (χ2v) is 5.34. The van der Waals surface area contributed by atoms with Crippen LogP contribution in [0.3, 0.4) is 0 Å². The predicted molar refractivity (Wildman–Crippen MR) is 85.8 cm³/mol. The molecule has 0 bridgehead atoms. The van der Waals surface area contributed by atoms with Gasteiger partial charge in [-0.2, -0.15) is 0 Å². The maximum Gasteiger partial charge on any atom is 0.224 e. The summed E-state index contributed by atoms with van der Waals surface area (Å²) < 4.78 is 18.3. The normalized spacial score (nSPS) is 11.8. The first kappa shape index (κ1) is 17.0. The molecule has 1 atom stereocenters. The largest absolute Gasteiger partial charge is 0.491 e. The summed E-state index contributed by atoms with van der Waals surface area (Å²) in [5, 5.41) is 12.5. The van der Waals surface area contributed by atoms with Crippen molar-refractivity contribution in [1.82, 2.24) is 5.32 Å². The van der Waals surface area contributed by atoms with Crippen LogP contribution in [-0.4, -0.2) is 30.3 Å². The van der Waals surface area contributed by atoms with Gasteiger partial charge in [-0.1, -0.05) is 30.3 Å². The fourth-order valence-electron chi connectivity index (χ4n) is 2.05. The third-order valence-electron chi connectivity index (χ3n) is 3.34. The summed E-state index contributed by atoms with van der Waals surface area (Å²) in [5.74, 6) is 0.147. The minimum absolute atomic E-state index is 0.0989. The highest BCUT2D eigenvalue weighted by molar-refractivity contribution is 5.78. The molecule has 0 aliphatic heterocycles. The number of hydrogen-bond donors (Lipinski definition) is 2. The molecule has 0 aromatic heterocycles. The molecule has 0 radical (unpaired) electrons. The highest BCUT2D eigenvalue weighted by Crippen LogP contribution is 2.16. The Balaban J connectivity index is 1.71. The van der Waals surface area contributed by atoms with E-state index < -0.39 is 6.10 Å². The first-order valence-corrected chi connectivity index (χ1v) is 7.42. The van der Waals surface area contributed by atoms with E-state index in [0.29, 0.717) is 5.75 Å². The number of aryl methyl sites for hydroxylation is 1. The highest BCUT2D eigenvalue weighted by Gasteiger charge is 2.09. The van der Waals surface area contributed by atoms with Crippen molar-refractivity contribution in [3.05, 3.63) is 65.5 Å². The Morgan fingerprint density at radius 3 is 2.61 bits per heavy atom. The van der Waals surface area contributed by atoms with Gasteiger partial charge in [0.15, 0.2) is 0 Å². The zero-order valence-corrected chi connectivity index (χ0v) is 13.0. The van der Waals surface area contributed by atoms with Gasteiger partial charge >= 0.3 is 0 Å². The van der Waals surface area contributed by atoms with Gasteiger partial charge in [-0.3, -0.25) is 4.79 Å². The van der Waals surface area contributed by atoms with Crippen molar-refractivity contribution in [2.24, 2.45) is 0 Å². The van der Waals surface area contributed by atoms with Gasteiger partial charge < -0.3 is 15.2 Å². The minimum atomic E-state index is -0.799. The first-order valence-electron chi connectivity index (χ1n) is 7.42. The third-order valence-corrected chi connectivity index (χ3v) is 3.34. The summed E-state index contributed by atoms with van der Waals surface area (Å²) in [7, 11) is 0. The van der Waals surface area contributed by atoms with E-state index in [4.69, 9.17) is 4.74 Å². The Morgan fingerprint density at radius 2 is 1.91 bits per heavy atom. The van der Waals surface area contributed by atoms with Crippen LogP contribution < -0.4 is 10.1 Å². The van der Waals surface area contributed by atoms with Crippen LogP contribution in [0.25, 0.3) is 0 Å². The predicted octanol–water partition coefficient (Wildman–Crippen LogP) is 2.23. The molecule has 2 aromatic carbocycles. The Bertz CT molecular complexity index is 643. The standard InChI is InChI=1S/C18H20FNO3/c1-13-4-2-3-5-17(13)23-12-16(21)11-20-18(22)10-14-6-8-15(19)9-7-14/h2-9,16,21H,10-12H2,1H3,(H,20,22). The number of amides is 1. The minimum Gasteiger partial charge on any atom is -0.491 e. The Labute approximate surface area is 134 Å². The van der Waals surface area contributed by atoms with Crippen LogP contribution in [0.1, 0.15) is 11.1 Å². The quantitative estimate of drug-likeness (QED) is 0.823. The Hall–Kier alpha value is -2.40. The maximum absolute atomic E-state index is 12.8. The number of benzene rings is 2. The number of halogens is 1. The number of aliphatic hydroxyl groups excluding tert-OH is 1. The molecule has 23 heavy (non-hydrogen) atoms. The van der Waals surface area contributed by atoms with E-state index in [9.17, 15) is 14.3 Å². The van der Waals surface area contributed by atoms with E-state index in [2.05, 4.69) is 5.32 Å². The topological polar surface area (TPSA) is 58.6 Å². The van der Waals surface area contributed by atoms with E-state index in [-0.39, 0.29) is 31.3 Å². The molecule has 0 fully saturated rings. The number of para-hydroxylation sites is 1. The lowest BCUT2D eigenvalue weighted by Crippen LogP contribution is -2.36. The summed E-state index contributed by atoms with van der Waals surface area (Å²) in [6.45, 7) is 2.12. The molecule has 2 N–H and O–H groups in total. The van der Waals surface area contributed by atoms with Crippen molar-refractivity contribution in [3.63, 3.8) is 0 Å². The average molecular weight is 317 g/mol. The van der Waals surface area contributed by atoms with Crippen molar-refractivity contribution in [3.8, 4) is 5.75 Å². The SMILES string of the molecule is Cc1ccccc1OCC(O)CNC(=O)Cc1ccc(F)cc1. The molecule has 0 saturated carbocycles. The monoisotopic (exact) mass is 317 g/mol. The zero-order chi connectivity index (χ0) is 16.7. The first-order chi connectivity index (χ1) is 11.0.